The molecule has 5 nitrogen and oxygen atoms in total. The standard InChI is InChI=1S/C8H8O4S.C7H5N/c1-13(11,12)7-5-3-2-4-6(7)8(9)10;8-6-7-4-2-1-3-5-7/h2-5H,1H3,(H,9,10);1-5H. The van der Waals surface area contributed by atoms with Crippen LogP contribution in [0.2, 0.25) is 0 Å². The number of nitriles is 1. The number of carboxylic acids is 1. The van der Waals surface area contributed by atoms with Crippen LogP contribution in [0.4, 0.5) is 0 Å². The van der Waals surface area contributed by atoms with E-state index in [9.17, 15) is 13.2 Å². The number of carboxylic acid groups (broad SMARTS) is 1. The van der Waals surface area contributed by atoms with E-state index < -0.39 is 15.8 Å². The molecule has 0 saturated heterocycles. The van der Waals surface area contributed by atoms with Crippen LogP contribution in [0.25, 0.3) is 0 Å². The predicted molar refractivity (Wildman–Crippen MR) is 77.7 cm³/mol. The first-order valence-electron chi connectivity index (χ1n) is 5.84. The highest BCUT2D eigenvalue weighted by atomic mass is 32.2. The highest BCUT2D eigenvalue weighted by Crippen LogP contribution is 2.14. The molecule has 1 N–H and O–H groups in total. The summed E-state index contributed by atoms with van der Waals surface area (Å²) in [5.74, 6) is -1.24. The van der Waals surface area contributed by atoms with E-state index in [1.807, 2.05) is 24.3 Å². The Kier molecular flexibility index (Phi) is 5.64. The van der Waals surface area contributed by atoms with Gasteiger partial charge in [-0.15, -0.1) is 0 Å². The number of rotatable bonds is 2. The lowest BCUT2D eigenvalue weighted by atomic mass is 10.2. The summed E-state index contributed by atoms with van der Waals surface area (Å²) in [5, 5.41) is 17.0. The lowest BCUT2D eigenvalue weighted by Gasteiger charge is -2.01. The molecule has 0 aliphatic carbocycles. The van der Waals surface area contributed by atoms with Crippen LogP contribution in [0.5, 0.6) is 0 Å². The van der Waals surface area contributed by atoms with Gasteiger partial charge in [0.2, 0.25) is 0 Å². The van der Waals surface area contributed by atoms with Crippen molar-refractivity contribution in [3.05, 3.63) is 65.7 Å². The number of hydrogen-bond acceptors (Lipinski definition) is 4. The van der Waals surface area contributed by atoms with Crippen molar-refractivity contribution >= 4 is 15.8 Å². The van der Waals surface area contributed by atoms with Crippen LogP contribution in [-0.4, -0.2) is 25.7 Å². The molecule has 0 unspecified atom stereocenters. The summed E-state index contributed by atoms with van der Waals surface area (Å²) in [6.07, 6.45) is 0.981. The lowest BCUT2D eigenvalue weighted by Crippen LogP contribution is -2.06. The van der Waals surface area contributed by atoms with Crippen LogP contribution in [-0.2, 0) is 9.84 Å². The van der Waals surface area contributed by atoms with E-state index in [4.69, 9.17) is 10.4 Å². The number of sulfone groups is 1. The summed E-state index contributed by atoms with van der Waals surface area (Å²) in [6.45, 7) is 0. The quantitative estimate of drug-likeness (QED) is 0.918. The van der Waals surface area contributed by atoms with Gasteiger partial charge in [0.1, 0.15) is 0 Å². The summed E-state index contributed by atoms with van der Waals surface area (Å²) in [7, 11) is -3.46. The molecule has 0 saturated carbocycles. The van der Waals surface area contributed by atoms with Gasteiger partial charge in [-0.05, 0) is 24.3 Å². The molecule has 0 bridgehead atoms. The number of hydrogen-bond donors (Lipinski definition) is 1. The lowest BCUT2D eigenvalue weighted by molar-refractivity contribution is 0.0692. The van der Waals surface area contributed by atoms with E-state index >= 15 is 0 Å². The summed E-state index contributed by atoms with van der Waals surface area (Å²) >= 11 is 0. The highest BCUT2D eigenvalue weighted by molar-refractivity contribution is 7.90. The molecule has 0 aliphatic heterocycles. The SMILES string of the molecule is CS(=O)(=O)c1ccccc1C(=O)O.N#Cc1ccccc1. The van der Waals surface area contributed by atoms with Crippen molar-refractivity contribution in [1.29, 1.82) is 5.26 Å². The monoisotopic (exact) mass is 303 g/mol. The fourth-order valence-electron chi connectivity index (χ4n) is 1.48. The minimum Gasteiger partial charge on any atom is -0.478 e. The third kappa shape index (κ3) is 5.09. The van der Waals surface area contributed by atoms with Crippen molar-refractivity contribution in [2.45, 2.75) is 4.90 Å². The highest BCUT2D eigenvalue weighted by Gasteiger charge is 2.16. The number of benzene rings is 2. The number of nitrogens with zero attached hydrogens (tertiary/aromatic N) is 1. The van der Waals surface area contributed by atoms with Gasteiger partial charge in [0.15, 0.2) is 9.84 Å². The molecule has 0 aromatic heterocycles. The molecule has 0 aliphatic rings. The van der Waals surface area contributed by atoms with Crippen LogP contribution in [0.15, 0.2) is 59.5 Å². The molecule has 2 aromatic carbocycles. The first kappa shape index (κ1) is 16.4. The van der Waals surface area contributed by atoms with E-state index in [2.05, 4.69) is 0 Å². The third-order valence-corrected chi connectivity index (χ3v) is 3.57. The van der Waals surface area contributed by atoms with Gasteiger partial charge in [-0.25, -0.2) is 13.2 Å². The summed E-state index contributed by atoms with van der Waals surface area (Å²) in [6, 6.07) is 16.7. The van der Waals surface area contributed by atoms with Gasteiger partial charge in [-0.1, -0.05) is 30.3 Å². The molecule has 21 heavy (non-hydrogen) atoms. The molecule has 6 heteroatoms. The van der Waals surface area contributed by atoms with Crippen LogP contribution < -0.4 is 0 Å². The molecule has 0 atom stereocenters. The maximum Gasteiger partial charge on any atom is 0.337 e. The first-order chi connectivity index (χ1) is 9.86. The van der Waals surface area contributed by atoms with Crippen molar-refractivity contribution in [1.82, 2.24) is 0 Å². The Morgan fingerprint density at radius 2 is 1.57 bits per heavy atom. The fourth-order valence-corrected chi connectivity index (χ4v) is 2.36. The molecule has 2 rings (SSSR count). The second-order valence-electron chi connectivity index (χ2n) is 4.05. The molecule has 0 heterocycles. The molecule has 0 radical (unpaired) electrons. The van der Waals surface area contributed by atoms with Crippen LogP contribution in [0.3, 0.4) is 0 Å². The average Bonchev–Trinajstić information content (AvgIpc) is 2.48. The molecular formula is C15H13NO4S. The Balaban J connectivity index is 0.000000235. The number of aromatic carboxylic acids is 1. The van der Waals surface area contributed by atoms with E-state index in [0.29, 0.717) is 5.56 Å². The van der Waals surface area contributed by atoms with Gasteiger partial charge >= 0.3 is 5.97 Å². The van der Waals surface area contributed by atoms with Gasteiger partial charge in [-0.3, -0.25) is 0 Å². The Morgan fingerprint density at radius 3 is 1.95 bits per heavy atom. The molecule has 2 aromatic rings. The van der Waals surface area contributed by atoms with Gasteiger partial charge in [0.25, 0.3) is 0 Å². The molecule has 108 valence electrons. The van der Waals surface area contributed by atoms with Crippen LogP contribution >= 0.6 is 0 Å². The topological polar surface area (TPSA) is 95.2 Å². The van der Waals surface area contributed by atoms with Crippen molar-refractivity contribution in [2.24, 2.45) is 0 Å². The first-order valence-corrected chi connectivity index (χ1v) is 7.73. The van der Waals surface area contributed by atoms with Crippen molar-refractivity contribution in [2.75, 3.05) is 6.26 Å². The second kappa shape index (κ2) is 7.22. The van der Waals surface area contributed by atoms with E-state index in [1.54, 1.807) is 12.1 Å². The van der Waals surface area contributed by atoms with Gasteiger partial charge in [0, 0.05) is 6.26 Å². The Hall–Kier alpha value is -2.65. The average molecular weight is 303 g/mol. The van der Waals surface area contributed by atoms with Gasteiger partial charge in [0.05, 0.1) is 22.1 Å². The number of carbonyl (C=O) groups is 1. The zero-order valence-corrected chi connectivity index (χ0v) is 12.0. The molecule has 0 spiro atoms. The van der Waals surface area contributed by atoms with E-state index in [1.165, 1.54) is 24.3 Å². The van der Waals surface area contributed by atoms with Crippen LogP contribution in [0.1, 0.15) is 15.9 Å². The Labute approximate surface area is 123 Å². The zero-order valence-electron chi connectivity index (χ0n) is 11.2. The van der Waals surface area contributed by atoms with E-state index in [-0.39, 0.29) is 10.5 Å². The second-order valence-corrected chi connectivity index (χ2v) is 6.04. The zero-order chi connectivity index (χ0) is 15.9. The summed E-state index contributed by atoms with van der Waals surface area (Å²) in [4.78, 5) is 10.5. The third-order valence-electron chi connectivity index (χ3n) is 2.42. The van der Waals surface area contributed by atoms with E-state index in [0.717, 1.165) is 6.26 Å². The summed E-state index contributed by atoms with van der Waals surface area (Å²) in [5.41, 5.74) is 0.525. The fraction of sp³-hybridized carbons (Fsp3) is 0.0667. The van der Waals surface area contributed by atoms with Crippen molar-refractivity contribution in [3.63, 3.8) is 0 Å². The Morgan fingerprint density at radius 1 is 1.05 bits per heavy atom. The summed E-state index contributed by atoms with van der Waals surface area (Å²) < 4.78 is 22.2. The minimum absolute atomic E-state index is 0.150. The minimum atomic E-state index is -3.46. The Bertz CT molecular complexity index is 762. The maximum atomic E-state index is 11.1. The van der Waals surface area contributed by atoms with Gasteiger partial charge < -0.3 is 5.11 Å². The van der Waals surface area contributed by atoms with Gasteiger partial charge in [-0.2, -0.15) is 5.26 Å². The van der Waals surface area contributed by atoms with Crippen molar-refractivity contribution in [3.8, 4) is 6.07 Å². The largest absolute Gasteiger partial charge is 0.478 e. The molecule has 0 amide bonds. The van der Waals surface area contributed by atoms with Crippen LogP contribution in [0, 0.1) is 11.3 Å². The molecular weight excluding hydrogens is 290 g/mol. The normalized spacial score (nSPS) is 9.90. The molecule has 0 fully saturated rings. The van der Waals surface area contributed by atoms with Crippen molar-refractivity contribution < 1.29 is 18.3 Å². The predicted octanol–water partition coefficient (Wildman–Crippen LogP) is 2.35. The maximum absolute atomic E-state index is 11.1. The smallest absolute Gasteiger partial charge is 0.337 e.